The van der Waals surface area contributed by atoms with Gasteiger partial charge in [-0.05, 0) is 19.3 Å². The second-order valence-electron chi connectivity index (χ2n) is 5.11. The van der Waals surface area contributed by atoms with Crippen LogP contribution < -0.4 is 5.32 Å². The van der Waals surface area contributed by atoms with Crippen LogP contribution in [0.5, 0.6) is 0 Å². The van der Waals surface area contributed by atoms with Gasteiger partial charge in [-0.15, -0.1) is 6.42 Å². The maximum Gasteiger partial charge on any atom is 0.318 e. The van der Waals surface area contributed by atoms with E-state index in [0.717, 1.165) is 25.7 Å². The van der Waals surface area contributed by atoms with Gasteiger partial charge in [0.1, 0.15) is 0 Å². The third-order valence-electron chi connectivity index (χ3n) is 4.06. The van der Waals surface area contributed by atoms with E-state index in [4.69, 9.17) is 6.42 Å². The summed E-state index contributed by atoms with van der Waals surface area (Å²) in [7, 11) is 0. The minimum Gasteiger partial charge on any atom is -0.389 e. The largest absolute Gasteiger partial charge is 0.389 e. The molecular weight excluding hydrogens is 216 g/mol. The molecule has 1 saturated carbocycles. The Morgan fingerprint density at radius 3 is 3.12 bits per heavy atom. The second kappa shape index (κ2) is 4.97. The summed E-state index contributed by atoms with van der Waals surface area (Å²) in [4.78, 5) is 13.6. The monoisotopic (exact) mass is 236 g/mol. The van der Waals surface area contributed by atoms with Crippen LogP contribution in [0.4, 0.5) is 4.79 Å². The molecule has 2 fully saturated rings. The van der Waals surface area contributed by atoms with E-state index in [0.29, 0.717) is 19.5 Å². The van der Waals surface area contributed by atoms with E-state index in [1.165, 1.54) is 0 Å². The number of piperidine rings is 1. The Balaban J connectivity index is 1.93. The number of amides is 2. The lowest BCUT2D eigenvalue weighted by Crippen LogP contribution is -2.56. The fourth-order valence-electron chi connectivity index (χ4n) is 2.99. The summed E-state index contributed by atoms with van der Waals surface area (Å²) in [5.41, 5.74) is -0.527. The Bertz CT molecular complexity index is 337. The van der Waals surface area contributed by atoms with Crippen LogP contribution in [0, 0.1) is 18.3 Å². The number of nitrogens with one attached hydrogen (secondary N) is 1. The Labute approximate surface area is 102 Å². The van der Waals surface area contributed by atoms with Gasteiger partial charge in [0.15, 0.2) is 0 Å². The number of fused-ring (bicyclic) bond motifs is 1. The van der Waals surface area contributed by atoms with Gasteiger partial charge in [-0.2, -0.15) is 0 Å². The van der Waals surface area contributed by atoms with E-state index < -0.39 is 5.60 Å². The molecule has 0 aromatic rings. The van der Waals surface area contributed by atoms with E-state index >= 15 is 0 Å². The molecular formula is C13H20N2O2. The molecule has 1 aliphatic carbocycles. The van der Waals surface area contributed by atoms with Crippen molar-refractivity contribution in [2.45, 2.75) is 37.7 Å². The molecule has 94 valence electrons. The molecule has 1 heterocycles. The molecule has 2 aliphatic rings. The standard InChI is InChI=1S/C13H20N2O2/c1-2-8-14-12(16)15-9-7-13(17)6-4-3-5-11(13)10-15/h1,11,17H,3-10H2,(H,14,16)/t11-,13+/m0/s1. The van der Waals surface area contributed by atoms with Crippen LogP contribution in [0.1, 0.15) is 32.1 Å². The number of hydrogen-bond donors (Lipinski definition) is 2. The highest BCUT2D eigenvalue weighted by Crippen LogP contribution is 2.39. The van der Waals surface area contributed by atoms with E-state index in [2.05, 4.69) is 11.2 Å². The molecule has 2 amide bonds. The van der Waals surface area contributed by atoms with Crippen molar-refractivity contribution in [3.8, 4) is 12.3 Å². The number of likely N-dealkylation sites (tertiary alicyclic amines) is 1. The van der Waals surface area contributed by atoms with Gasteiger partial charge in [-0.3, -0.25) is 0 Å². The lowest BCUT2D eigenvalue weighted by Gasteiger charge is -2.47. The zero-order valence-corrected chi connectivity index (χ0v) is 10.1. The van der Waals surface area contributed by atoms with Crippen LogP contribution >= 0.6 is 0 Å². The van der Waals surface area contributed by atoms with E-state index in [-0.39, 0.29) is 18.5 Å². The normalized spacial score (nSPS) is 32.5. The molecule has 0 radical (unpaired) electrons. The number of aliphatic hydroxyl groups is 1. The van der Waals surface area contributed by atoms with Gasteiger partial charge in [-0.25, -0.2) is 4.79 Å². The fraction of sp³-hybridized carbons (Fsp3) is 0.769. The highest BCUT2D eigenvalue weighted by Gasteiger charge is 2.43. The zero-order valence-electron chi connectivity index (χ0n) is 10.1. The SMILES string of the molecule is C#CCNC(=O)N1CC[C@]2(O)CCCC[C@H]2C1. The number of hydrogen-bond acceptors (Lipinski definition) is 2. The summed E-state index contributed by atoms with van der Waals surface area (Å²) < 4.78 is 0. The quantitative estimate of drug-likeness (QED) is 0.666. The Kier molecular flexibility index (Phi) is 3.58. The van der Waals surface area contributed by atoms with Crippen LogP contribution in [0.2, 0.25) is 0 Å². The average molecular weight is 236 g/mol. The van der Waals surface area contributed by atoms with Crippen LogP contribution in [0.15, 0.2) is 0 Å². The summed E-state index contributed by atoms with van der Waals surface area (Å²) in [6.45, 7) is 1.56. The molecule has 0 bridgehead atoms. The van der Waals surface area contributed by atoms with Gasteiger partial charge in [-0.1, -0.05) is 18.8 Å². The van der Waals surface area contributed by atoms with Crippen molar-refractivity contribution in [1.82, 2.24) is 10.2 Å². The summed E-state index contributed by atoms with van der Waals surface area (Å²) in [6, 6.07) is -0.101. The van der Waals surface area contributed by atoms with Gasteiger partial charge >= 0.3 is 6.03 Å². The molecule has 0 unspecified atom stereocenters. The first-order chi connectivity index (χ1) is 8.15. The molecule has 4 heteroatoms. The summed E-state index contributed by atoms with van der Waals surface area (Å²) in [6.07, 6.45) is 9.98. The number of nitrogens with zero attached hydrogens (tertiary/aromatic N) is 1. The van der Waals surface area contributed by atoms with Crippen molar-refractivity contribution >= 4 is 6.03 Å². The molecule has 2 atom stereocenters. The molecule has 1 aliphatic heterocycles. The zero-order chi connectivity index (χ0) is 12.3. The predicted octanol–water partition coefficient (Wildman–Crippen LogP) is 0.956. The third kappa shape index (κ3) is 2.55. The second-order valence-corrected chi connectivity index (χ2v) is 5.11. The Morgan fingerprint density at radius 2 is 2.35 bits per heavy atom. The summed E-state index contributed by atoms with van der Waals surface area (Å²) in [5.74, 6) is 2.63. The van der Waals surface area contributed by atoms with Crippen molar-refractivity contribution in [1.29, 1.82) is 0 Å². The lowest BCUT2D eigenvalue weighted by molar-refractivity contribution is -0.0870. The topological polar surface area (TPSA) is 52.6 Å². The fourth-order valence-corrected chi connectivity index (χ4v) is 2.99. The molecule has 1 saturated heterocycles. The lowest BCUT2D eigenvalue weighted by atomic mass is 9.71. The molecule has 2 N–H and O–H groups in total. The smallest absolute Gasteiger partial charge is 0.318 e. The molecule has 4 nitrogen and oxygen atoms in total. The van der Waals surface area contributed by atoms with Crippen molar-refractivity contribution in [3.05, 3.63) is 0 Å². The average Bonchev–Trinajstić information content (AvgIpc) is 2.34. The van der Waals surface area contributed by atoms with Crippen molar-refractivity contribution in [2.75, 3.05) is 19.6 Å². The maximum absolute atomic E-state index is 11.8. The van der Waals surface area contributed by atoms with Crippen molar-refractivity contribution in [2.24, 2.45) is 5.92 Å². The van der Waals surface area contributed by atoms with Crippen LogP contribution in [-0.4, -0.2) is 41.3 Å². The first-order valence-electron chi connectivity index (χ1n) is 6.34. The van der Waals surface area contributed by atoms with Crippen molar-refractivity contribution < 1.29 is 9.90 Å². The van der Waals surface area contributed by atoms with Gasteiger partial charge in [0.25, 0.3) is 0 Å². The number of rotatable bonds is 1. The maximum atomic E-state index is 11.8. The van der Waals surface area contributed by atoms with Crippen LogP contribution in [-0.2, 0) is 0 Å². The third-order valence-corrected chi connectivity index (χ3v) is 4.06. The minimum atomic E-state index is -0.527. The first kappa shape index (κ1) is 12.3. The molecule has 0 spiro atoms. The van der Waals surface area contributed by atoms with Gasteiger partial charge in [0.05, 0.1) is 12.1 Å². The molecule has 0 aromatic heterocycles. The summed E-state index contributed by atoms with van der Waals surface area (Å²) in [5, 5.41) is 13.2. The van der Waals surface area contributed by atoms with E-state index in [9.17, 15) is 9.90 Å². The highest BCUT2D eigenvalue weighted by molar-refractivity contribution is 5.74. The Morgan fingerprint density at radius 1 is 1.53 bits per heavy atom. The van der Waals surface area contributed by atoms with Crippen LogP contribution in [0.3, 0.4) is 0 Å². The number of urea groups is 1. The number of terminal acetylenes is 1. The minimum absolute atomic E-state index is 0.101. The first-order valence-corrected chi connectivity index (χ1v) is 6.34. The molecule has 17 heavy (non-hydrogen) atoms. The van der Waals surface area contributed by atoms with Gasteiger partial charge < -0.3 is 15.3 Å². The molecule has 0 aromatic carbocycles. The van der Waals surface area contributed by atoms with Crippen molar-refractivity contribution in [3.63, 3.8) is 0 Å². The number of carbonyl (C=O) groups is 1. The van der Waals surface area contributed by atoms with E-state index in [1.807, 2.05) is 0 Å². The number of carbonyl (C=O) groups excluding carboxylic acids is 1. The Hall–Kier alpha value is -1.21. The van der Waals surface area contributed by atoms with Gasteiger partial charge in [0.2, 0.25) is 0 Å². The highest BCUT2D eigenvalue weighted by atomic mass is 16.3. The summed E-state index contributed by atoms with van der Waals surface area (Å²) >= 11 is 0. The molecule has 2 rings (SSSR count). The van der Waals surface area contributed by atoms with Crippen LogP contribution in [0.25, 0.3) is 0 Å². The van der Waals surface area contributed by atoms with E-state index in [1.54, 1.807) is 4.90 Å². The van der Waals surface area contributed by atoms with Gasteiger partial charge in [0, 0.05) is 19.0 Å². The predicted molar refractivity (Wildman–Crippen MR) is 65.3 cm³/mol.